The lowest BCUT2D eigenvalue weighted by atomic mass is 10.3. The number of rotatable bonds is 2. The average molecular weight is 196 g/mol. The first kappa shape index (κ1) is 8.62. The first-order chi connectivity index (χ1) is 6.34. The molecular weight excluding hydrogens is 184 g/mol. The molecular formula is C8H12N4S. The van der Waals surface area contributed by atoms with Gasteiger partial charge in [0.25, 0.3) is 0 Å². The maximum atomic E-state index is 4.32. The number of nitrogens with zero attached hydrogens (tertiary/aromatic N) is 3. The Balaban J connectivity index is 1.85. The second-order valence-corrected chi connectivity index (χ2v) is 4.27. The van der Waals surface area contributed by atoms with Crippen LogP contribution in [0.2, 0.25) is 0 Å². The summed E-state index contributed by atoms with van der Waals surface area (Å²) in [7, 11) is 0. The summed E-state index contributed by atoms with van der Waals surface area (Å²) in [6.07, 6.45) is 2.26. The lowest BCUT2D eigenvalue weighted by Gasteiger charge is -2.00. The molecule has 0 atom stereocenters. The molecule has 1 aliphatic rings. The maximum absolute atomic E-state index is 4.32. The minimum Gasteiger partial charge on any atom is -0.367 e. The number of hydrogen-bond donors (Lipinski definition) is 1. The van der Waals surface area contributed by atoms with E-state index in [9.17, 15) is 0 Å². The molecule has 0 saturated carbocycles. The minimum absolute atomic E-state index is 0.768. The van der Waals surface area contributed by atoms with Crippen LogP contribution in [0.25, 0.3) is 0 Å². The van der Waals surface area contributed by atoms with E-state index < -0.39 is 0 Å². The molecule has 2 heterocycles. The van der Waals surface area contributed by atoms with Gasteiger partial charge in [-0.1, -0.05) is 11.3 Å². The first-order valence-electron chi connectivity index (χ1n) is 4.41. The van der Waals surface area contributed by atoms with E-state index in [0.717, 1.165) is 35.4 Å². The van der Waals surface area contributed by atoms with E-state index in [-0.39, 0.29) is 0 Å². The third kappa shape index (κ3) is 2.24. The quantitative estimate of drug-likeness (QED) is 0.771. The second kappa shape index (κ2) is 3.83. The van der Waals surface area contributed by atoms with Crippen molar-refractivity contribution in [2.75, 3.05) is 6.54 Å². The normalized spacial score (nSPS) is 15.9. The number of aryl methyl sites for hydroxylation is 1. The highest BCUT2D eigenvalue weighted by Gasteiger charge is 2.06. The molecule has 0 fully saturated rings. The molecule has 1 aromatic heterocycles. The molecule has 0 saturated heterocycles. The topological polar surface area (TPSA) is 50.2 Å². The van der Waals surface area contributed by atoms with Crippen LogP contribution < -0.4 is 5.32 Å². The van der Waals surface area contributed by atoms with Crippen molar-refractivity contribution in [3.63, 3.8) is 0 Å². The molecule has 70 valence electrons. The number of amidine groups is 1. The average Bonchev–Trinajstić information content (AvgIpc) is 2.71. The zero-order chi connectivity index (χ0) is 9.10. The lowest BCUT2D eigenvalue weighted by Crippen LogP contribution is -2.20. The Morgan fingerprint density at radius 3 is 3.00 bits per heavy atom. The van der Waals surface area contributed by atoms with Gasteiger partial charge in [0, 0.05) is 13.0 Å². The predicted octanol–water partition coefficient (Wildman–Crippen LogP) is 1.13. The molecule has 0 spiro atoms. The third-order valence-electron chi connectivity index (χ3n) is 1.89. The molecule has 1 aromatic rings. The van der Waals surface area contributed by atoms with Gasteiger partial charge in [-0.3, -0.25) is 4.99 Å². The van der Waals surface area contributed by atoms with E-state index in [1.165, 1.54) is 6.42 Å². The highest BCUT2D eigenvalue weighted by atomic mass is 32.1. The van der Waals surface area contributed by atoms with Gasteiger partial charge in [-0.15, -0.1) is 10.2 Å². The predicted molar refractivity (Wildman–Crippen MR) is 53.0 cm³/mol. The van der Waals surface area contributed by atoms with Crippen molar-refractivity contribution >= 4 is 17.2 Å². The molecule has 13 heavy (non-hydrogen) atoms. The first-order valence-corrected chi connectivity index (χ1v) is 5.22. The van der Waals surface area contributed by atoms with Crippen LogP contribution in [0.15, 0.2) is 4.99 Å². The van der Waals surface area contributed by atoms with Gasteiger partial charge in [0.2, 0.25) is 0 Å². The van der Waals surface area contributed by atoms with Gasteiger partial charge in [-0.25, -0.2) is 0 Å². The van der Waals surface area contributed by atoms with Crippen molar-refractivity contribution in [2.24, 2.45) is 4.99 Å². The van der Waals surface area contributed by atoms with Crippen LogP contribution >= 0.6 is 11.3 Å². The second-order valence-electron chi connectivity index (χ2n) is 3.00. The van der Waals surface area contributed by atoms with E-state index in [1.807, 2.05) is 6.92 Å². The highest BCUT2D eigenvalue weighted by Crippen LogP contribution is 2.08. The van der Waals surface area contributed by atoms with Crippen molar-refractivity contribution in [3.05, 3.63) is 10.0 Å². The summed E-state index contributed by atoms with van der Waals surface area (Å²) in [6.45, 7) is 3.70. The Morgan fingerprint density at radius 1 is 1.46 bits per heavy atom. The van der Waals surface area contributed by atoms with Gasteiger partial charge in [0.1, 0.15) is 10.0 Å². The fourth-order valence-corrected chi connectivity index (χ4v) is 1.92. The van der Waals surface area contributed by atoms with E-state index in [1.54, 1.807) is 11.3 Å². The van der Waals surface area contributed by atoms with Crippen molar-refractivity contribution in [1.82, 2.24) is 15.5 Å². The number of nitrogens with one attached hydrogen (secondary N) is 1. The molecule has 0 amide bonds. The van der Waals surface area contributed by atoms with Gasteiger partial charge in [0.05, 0.1) is 12.4 Å². The van der Waals surface area contributed by atoms with Crippen LogP contribution in [-0.4, -0.2) is 22.6 Å². The Labute approximate surface area is 81.1 Å². The Hall–Kier alpha value is -0.970. The van der Waals surface area contributed by atoms with Crippen LogP contribution in [0.5, 0.6) is 0 Å². The van der Waals surface area contributed by atoms with E-state index in [4.69, 9.17) is 0 Å². The largest absolute Gasteiger partial charge is 0.367 e. The van der Waals surface area contributed by atoms with Crippen molar-refractivity contribution in [2.45, 2.75) is 26.3 Å². The van der Waals surface area contributed by atoms with E-state index in [0.29, 0.717) is 0 Å². The smallest absolute Gasteiger partial charge is 0.136 e. The molecule has 2 rings (SSSR count). The van der Waals surface area contributed by atoms with Gasteiger partial charge < -0.3 is 5.32 Å². The third-order valence-corrected chi connectivity index (χ3v) is 2.72. The van der Waals surface area contributed by atoms with Crippen LogP contribution in [0.3, 0.4) is 0 Å². The van der Waals surface area contributed by atoms with Crippen molar-refractivity contribution < 1.29 is 0 Å². The standard InChI is InChI=1S/C8H12N4S/c1-6-11-12-8(13-6)5-10-7-3-2-4-9-7/h2-5H2,1H3,(H,9,10). The maximum Gasteiger partial charge on any atom is 0.136 e. The summed E-state index contributed by atoms with van der Waals surface area (Å²) >= 11 is 1.63. The fraction of sp³-hybridized carbons (Fsp3) is 0.625. The molecule has 1 aliphatic heterocycles. The Morgan fingerprint density at radius 2 is 2.38 bits per heavy atom. The van der Waals surface area contributed by atoms with Crippen LogP contribution in [-0.2, 0) is 6.54 Å². The summed E-state index contributed by atoms with van der Waals surface area (Å²) in [5.41, 5.74) is 0. The zero-order valence-corrected chi connectivity index (χ0v) is 8.39. The summed E-state index contributed by atoms with van der Waals surface area (Å²) in [5.74, 6) is 1.12. The molecule has 1 N–H and O–H groups in total. The number of hydrogen-bond acceptors (Lipinski definition) is 5. The lowest BCUT2D eigenvalue weighted by molar-refractivity contribution is 0.852. The van der Waals surface area contributed by atoms with Gasteiger partial charge in [0.15, 0.2) is 0 Å². The summed E-state index contributed by atoms with van der Waals surface area (Å²) in [5, 5.41) is 13.3. The monoisotopic (exact) mass is 196 g/mol. The van der Waals surface area contributed by atoms with Gasteiger partial charge in [-0.05, 0) is 13.3 Å². The fourth-order valence-electron chi connectivity index (χ4n) is 1.27. The zero-order valence-electron chi connectivity index (χ0n) is 7.58. The highest BCUT2D eigenvalue weighted by molar-refractivity contribution is 7.11. The minimum atomic E-state index is 0.768. The molecule has 0 aliphatic carbocycles. The number of aliphatic imine (C=N–C) groups is 1. The van der Waals surface area contributed by atoms with Crippen molar-refractivity contribution in [3.8, 4) is 0 Å². The van der Waals surface area contributed by atoms with E-state index >= 15 is 0 Å². The SMILES string of the molecule is Cc1nnc(CNC2=NCCC2)s1. The van der Waals surface area contributed by atoms with Crippen LogP contribution in [0.1, 0.15) is 22.9 Å². The molecule has 0 bridgehead atoms. The Bertz CT molecular complexity index is 318. The summed E-state index contributed by atoms with van der Waals surface area (Å²) in [4.78, 5) is 4.32. The van der Waals surface area contributed by atoms with E-state index in [2.05, 4.69) is 20.5 Å². The number of aromatic nitrogens is 2. The van der Waals surface area contributed by atoms with Crippen LogP contribution in [0, 0.1) is 6.92 Å². The summed E-state index contributed by atoms with van der Waals surface area (Å²) in [6, 6.07) is 0. The molecule has 0 radical (unpaired) electrons. The van der Waals surface area contributed by atoms with Crippen LogP contribution in [0.4, 0.5) is 0 Å². The van der Waals surface area contributed by atoms with Crippen molar-refractivity contribution in [1.29, 1.82) is 0 Å². The molecule has 4 nitrogen and oxygen atoms in total. The molecule has 5 heteroatoms. The van der Waals surface area contributed by atoms with Gasteiger partial charge in [-0.2, -0.15) is 0 Å². The summed E-state index contributed by atoms with van der Waals surface area (Å²) < 4.78 is 0. The Kier molecular flexibility index (Phi) is 2.54. The molecule has 0 aromatic carbocycles. The van der Waals surface area contributed by atoms with Gasteiger partial charge >= 0.3 is 0 Å². The molecule has 0 unspecified atom stereocenters.